The quantitative estimate of drug-likeness (QED) is 0.401. The zero-order valence-electron chi connectivity index (χ0n) is 16.4. The molecule has 0 aromatic carbocycles. The van der Waals surface area contributed by atoms with E-state index in [2.05, 4.69) is 16.9 Å². The summed E-state index contributed by atoms with van der Waals surface area (Å²) in [6, 6.07) is 0.501. The summed E-state index contributed by atoms with van der Waals surface area (Å²) in [7, 11) is 0. The van der Waals surface area contributed by atoms with E-state index < -0.39 is 0 Å². The molecule has 0 saturated heterocycles. The summed E-state index contributed by atoms with van der Waals surface area (Å²) in [6.45, 7) is 4.82. The van der Waals surface area contributed by atoms with Crippen LogP contribution in [-0.4, -0.2) is 27.8 Å². The lowest BCUT2D eigenvalue weighted by atomic mass is 10.1. The van der Waals surface area contributed by atoms with Gasteiger partial charge in [0.2, 0.25) is 0 Å². The van der Waals surface area contributed by atoms with Crippen molar-refractivity contribution >= 4 is 0 Å². The van der Waals surface area contributed by atoms with Crippen molar-refractivity contribution in [2.75, 3.05) is 6.61 Å². The van der Waals surface area contributed by atoms with E-state index >= 15 is 0 Å². The van der Waals surface area contributed by atoms with Gasteiger partial charge >= 0.3 is 6.01 Å². The highest BCUT2D eigenvalue weighted by molar-refractivity contribution is 5.07. The predicted octanol–water partition coefficient (Wildman–Crippen LogP) is 5.48. The molecular weight excluding hydrogens is 312 g/mol. The first-order chi connectivity index (χ1) is 12.2. The van der Waals surface area contributed by atoms with Gasteiger partial charge in [-0.2, -0.15) is 0 Å². The zero-order valence-corrected chi connectivity index (χ0v) is 16.4. The third-order valence-electron chi connectivity index (χ3n) is 4.50. The van der Waals surface area contributed by atoms with Gasteiger partial charge in [-0.05, 0) is 38.2 Å². The number of unbranched alkanes of at least 4 members (excludes halogenated alkanes) is 9. The van der Waals surface area contributed by atoms with Gasteiger partial charge in [0.05, 0.1) is 12.7 Å². The molecule has 0 saturated carbocycles. The standard InChI is InChI=1S/C21H38N2O2/c1-3-4-5-6-7-8-9-13-16-25-21-22-17-20(18-23-21)15-12-10-11-14-19(2)24/h17-19,24H,3-16H2,1-2H3. The van der Waals surface area contributed by atoms with E-state index in [1.165, 1.54) is 44.9 Å². The minimum absolute atomic E-state index is 0.180. The largest absolute Gasteiger partial charge is 0.463 e. The zero-order chi connectivity index (χ0) is 18.2. The van der Waals surface area contributed by atoms with Crippen molar-refractivity contribution in [2.24, 2.45) is 0 Å². The fourth-order valence-corrected chi connectivity index (χ4v) is 2.89. The normalized spacial score (nSPS) is 12.3. The van der Waals surface area contributed by atoms with Crippen LogP contribution in [0.2, 0.25) is 0 Å². The van der Waals surface area contributed by atoms with E-state index in [0.717, 1.165) is 44.1 Å². The van der Waals surface area contributed by atoms with Gasteiger partial charge < -0.3 is 9.84 Å². The lowest BCUT2D eigenvalue weighted by Gasteiger charge is -2.06. The first kappa shape index (κ1) is 21.9. The molecule has 25 heavy (non-hydrogen) atoms. The molecule has 1 unspecified atom stereocenters. The van der Waals surface area contributed by atoms with Crippen molar-refractivity contribution in [3.05, 3.63) is 18.0 Å². The molecule has 1 heterocycles. The number of hydrogen-bond acceptors (Lipinski definition) is 4. The Morgan fingerprint density at radius 1 is 0.880 bits per heavy atom. The second-order valence-electron chi connectivity index (χ2n) is 7.15. The van der Waals surface area contributed by atoms with Crippen molar-refractivity contribution in [1.82, 2.24) is 9.97 Å². The fourth-order valence-electron chi connectivity index (χ4n) is 2.89. The van der Waals surface area contributed by atoms with Crippen LogP contribution < -0.4 is 4.74 Å². The monoisotopic (exact) mass is 350 g/mol. The lowest BCUT2D eigenvalue weighted by Crippen LogP contribution is -2.02. The van der Waals surface area contributed by atoms with Gasteiger partial charge in [-0.25, -0.2) is 9.97 Å². The summed E-state index contributed by atoms with van der Waals surface area (Å²) in [4.78, 5) is 8.60. The van der Waals surface area contributed by atoms with Crippen LogP contribution in [0.4, 0.5) is 0 Å². The van der Waals surface area contributed by atoms with Crippen molar-refractivity contribution < 1.29 is 9.84 Å². The Hall–Kier alpha value is -1.16. The Labute approximate surface area is 154 Å². The van der Waals surface area contributed by atoms with Crippen LogP contribution in [0.5, 0.6) is 6.01 Å². The minimum atomic E-state index is -0.180. The van der Waals surface area contributed by atoms with Crippen LogP contribution in [-0.2, 0) is 6.42 Å². The van der Waals surface area contributed by atoms with Crippen molar-refractivity contribution in [2.45, 2.75) is 103 Å². The van der Waals surface area contributed by atoms with Crippen LogP contribution >= 0.6 is 0 Å². The molecule has 1 rings (SSSR count). The molecule has 0 aliphatic rings. The summed E-state index contributed by atoms with van der Waals surface area (Å²) < 4.78 is 5.63. The highest BCUT2D eigenvalue weighted by Crippen LogP contribution is 2.11. The Kier molecular flexibility index (Phi) is 13.2. The molecule has 4 heteroatoms. The summed E-state index contributed by atoms with van der Waals surface area (Å²) >= 11 is 0. The molecular formula is C21H38N2O2. The molecule has 0 aliphatic carbocycles. The van der Waals surface area contributed by atoms with E-state index in [4.69, 9.17) is 4.74 Å². The van der Waals surface area contributed by atoms with Gasteiger partial charge in [0.15, 0.2) is 0 Å². The average molecular weight is 351 g/mol. The van der Waals surface area contributed by atoms with E-state index in [0.29, 0.717) is 12.6 Å². The number of ether oxygens (including phenoxy) is 1. The van der Waals surface area contributed by atoms with E-state index in [-0.39, 0.29) is 6.10 Å². The molecule has 1 N–H and O–H groups in total. The van der Waals surface area contributed by atoms with E-state index in [9.17, 15) is 5.11 Å². The van der Waals surface area contributed by atoms with Gasteiger partial charge in [-0.1, -0.05) is 64.7 Å². The maximum absolute atomic E-state index is 9.23. The van der Waals surface area contributed by atoms with Crippen LogP contribution in [0.25, 0.3) is 0 Å². The topological polar surface area (TPSA) is 55.2 Å². The number of hydrogen-bond donors (Lipinski definition) is 1. The summed E-state index contributed by atoms with van der Waals surface area (Å²) in [6.07, 6.45) is 19.2. The number of aryl methyl sites for hydroxylation is 1. The minimum Gasteiger partial charge on any atom is -0.463 e. The van der Waals surface area contributed by atoms with E-state index in [1.54, 1.807) is 0 Å². The fraction of sp³-hybridized carbons (Fsp3) is 0.810. The Balaban J connectivity index is 2.00. The molecule has 0 aliphatic heterocycles. The van der Waals surface area contributed by atoms with Gasteiger partial charge in [0, 0.05) is 12.4 Å². The van der Waals surface area contributed by atoms with Crippen LogP contribution in [0.3, 0.4) is 0 Å². The van der Waals surface area contributed by atoms with Crippen molar-refractivity contribution in [3.8, 4) is 6.01 Å². The number of aliphatic hydroxyl groups excluding tert-OH is 1. The number of nitrogens with zero attached hydrogens (tertiary/aromatic N) is 2. The molecule has 0 fully saturated rings. The Bertz CT molecular complexity index is 407. The molecule has 4 nitrogen and oxygen atoms in total. The molecule has 1 atom stereocenters. The van der Waals surface area contributed by atoms with Gasteiger partial charge in [0.25, 0.3) is 0 Å². The summed E-state index contributed by atoms with van der Waals surface area (Å²) in [5.74, 6) is 0. The molecule has 0 amide bonds. The van der Waals surface area contributed by atoms with Crippen LogP contribution in [0, 0.1) is 0 Å². The Morgan fingerprint density at radius 3 is 2.12 bits per heavy atom. The van der Waals surface area contributed by atoms with Crippen LogP contribution in [0.15, 0.2) is 12.4 Å². The summed E-state index contributed by atoms with van der Waals surface area (Å²) in [5, 5.41) is 9.23. The molecule has 144 valence electrons. The molecule has 1 aromatic rings. The predicted molar refractivity (Wildman–Crippen MR) is 104 cm³/mol. The summed E-state index contributed by atoms with van der Waals surface area (Å²) in [5.41, 5.74) is 1.16. The smallest absolute Gasteiger partial charge is 0.316 e. The first-order valence-corrected chi connectivity index (χ1v) is 10.3. The highest BCUT2D eigenvalue weighted by atomic mass is 16.5. The Morgan fingerprint density at radius 2 is 1.48 bits per heavy atom. The van der Waals surface area contributed by atoms with Crippen molar-refractivity contribution in [1.29, 1.82) is 0 Å². The number of aliphatic hydroxyl groups is 1. The maximum Gasteiger partial charge on any atom is 0.316 e. The maximum atomic E-state index is 9.23. The third-order valence-corrected chi connectivity index (χ3v) is 4.50. The third kappa shape index (κ3) is 12.8. The number of rotatable bonds is 16. The van der Waals surface area contributed by atoms with E-state index in [1.807, 2.05) is 19.3 Å². The number of aromatic nitrogens is 2. The molecule has 0 bridgehead atoms. The van der Waals surface area contributed by atoms with Crippen molar-refractivity contribution in [3.63, 3.8) is 0 Å². The lowest BCUT2D eigenvalue weighted by molar-refractivity contribution is 0.180. The second-order valence-corrected chi connectivity index (χ2v) is 7.15. The second kappa shape index (κ2) is 15.1. The SMILES string of the molecule is CCCCCCCCCCOc1ncc(CCCCCC(C)O)cn1. The molecule has 1 aromatic heterocycles. The van der Waals surface area contributed by atoms with Gasteiger partial charge in [-0.15, -0.1) is 0 Å². The van der Waals surface area contributed by atoms with Gasteiger partial charge in [-0.3, -0.25) is 0 Å². The highest BCUT2D eigenvalue weighted by Gasteiger charge is 2.01. The molecule has 0 spiro atoms. The van der Waals surface area contributed by atoms with Gasteiger partial charge in [0.1, 0.15) is 0 Å². The first-order valence-electron chi connectivity index (χ1n) is 10.3. The molecule has 0 radical (unpaired) electrons. The van der Waals surface area contributed by atoms with Crippen LogP contribution in [0.1, 0.15) is 96.5 Å². The average Bonchev–Trinajstić information content (AvgIpc) is 2.61.